The van der Waals surface area contributed by atoms with Gasteiger partial charge in [0.05, 0.1) is 6.20 Å². The maximum Gasteiger partial charge on any atom is 0.176 e. The van der Waals surface area contributed by atoms with E-state index >= 15 is 0 Å². The highest BCUT2D eigenvalue weighted by molar-refractivity contribution is 6.31. The molecule has 0 spiro atoms. The Bertz CT molecular complexity index is 584. The summed E-state index contributed by atoms with van der Waals surface area (Å²) in [7, 11) is 2.15. The minimum absolute atomic E-state index is 0.512. The minimum atomic E-state index is 0.512. The van der Waals surface area contributed by atoms with E-state index in [4.69, 9.17) is 16.3 Å². The Kier molecular flexibility index (Phi) is 4.46. The first kappa shape index (κ1) is 14.4. The van der Waals surface area contributed by atoms with Gasteiger partial charge in [0, 0.05) is 13.1 Å². The van der Waals surface area contributed by atoms with E-state index in [2.05, 4.69) is 17.0 Å². The first-order chi connectivity index (χ1) is 10.2. The molecule has 1 aromatic carbocycles. The summed E-state index contributed by atoms with van der Waals surface area (Å²) in [4.78, 5) is 2.34. The van der Waals surface area contributed by atoms with Crippen molar-refractivity contribution in [2.45, 2.75) is 19.6 Å². The average Bonchev–Trinajstić information content (AvgIpc) is 3.06. The normalized spacial score (nSPS) is 19.0. The molecule has 0 amide bonds. The van der Waals surface area contributed by atoms with Crippen LogP contribution in [0.1, 0.15) is 12.0 Å². The highest BCUT2D eigenvalue weighted by Gasteiger charge is 2.21. The van der Waals surface area contributed by atoms with Crippen molar-refractivity contribution in [2.24, 2.45) is 5.92 Å². The second kappa shape index (κ2) is 6.50. The number of hydrogen-bond donors (Lipinski definition) is 0. The summed E-state index contributed by atoms with van der Waals surface area (Å²) in [6.07, 6.45) is 2.91. The molecule has 1 aromatic heterocycles. The second-order valence-electron chi connectivity index (χ2n) is 5.67. The fourth-order valence-electron chi connectivity index (χ4n) is 2.73. The van der Waals surface area contributed by atoms with Crippen LogP contribution in [0.4, 0.5) is 0 Å². The summed E-state index contributed by atoms with van der Waals surface area (Å²) in [5, 5.41) is 4.96. The molecule has 2 heterocycles. The molecule has 0 saturated carbocycles. The molecule has 1 aliphatic rings. The number of hydrogen-bond acceptors (Lipinski definition) is 3. The van der Waals surface area contributed by atoms with Gasteiger partial charge in [0.1, 0.15) is 6.61 Å². The minimum Gasteiger partial charge on any atom is -0.484 e. The number of ether oxygens (including phenoxy) is 1. The summed E-state index contributed by atoms with van der Waals surface area (Å²) in [5.74, 6) is 1.28. The molecule has 112 valence electrons. The molecule has 21 heavy (non-hydrogen) atoms. The van der Waals surface area contributed by atoms with E-state index in [-0.39, 0.29) is 0 Å². The lowest BCUT2D eigenvalue weighted by atomic mass is 10.1. The first-order valence-corrected chi connectivity index (χ1v) is 7.67. The van der Waals surface area contributed by atoms with Crippen LogP contribution in [-0.4, -0.2) is 34.8 Å². The molecule has 1 fully saturated rings. The van der Waals surface area contributed by atoms with Crippen LogP contribution in [0.25, 0.3) is 0 Å². The van der Waals surface area contributed by atoms with E-state index in [0.717, 1.165) is 25.2 Å². The summed E-state index contributed by atoms with van der Waals surface area (Å²) in [6.45, 7) is 3.63. The third-order valence-corrected chi connectivity index (χ3v) is 4.28. The van der Waals surface area contributed by atoms with Gasteiger partial charge in [-0.1, -0.05) is 41.9 Å². The average molecular weight is 306 g/mol. The van der Waals surface area contributed by atoms with Crippen LogP contribution in [-0.2, 0) is 13.2 Å². The lowest BCUT2D eigenvalue weighted by Gasteiger charge is -2.11. The van der Waals surface area contributed by atoms with Crippen LogP contribution in [0.3, 0.4) is 0 Å². The fourth-order valence-corrected chi connectivity index (χ4v) is 2.95. The molecule has 0 aliphatic carbocycles. The largest absolute Gasteiger partial charge is 0.484 e. The van der Waals surface area contributed by atoms with Gasteiger partial charge in [0.15, 0.2) is 10.9 Å². The Hall–Kier alpha value is -1.52. The van der Waals surface area contributed by atoms with Crippen molar-refractivity contribution >= 4 is 11.6 Å². The number of nitrogens with zero attached hydrogens (tertiary/aromatic N) is 3. The molecular formula is C16H20ClN3O. The van der Waals surface area contributed by atoms with Crippen LogP contribution in [0, 0.1) is 5.92 Å². The molecular weight excluding hydrogens is 286 g/mol. The van der Waals surface area contributed by atoms with Crippen molar-refractivity contribution in [1.82, 2.24) is 14.7 Å². The van der Waals surface area contributed by atoms with Crippen LogP contribution >= 0.6 is 11.6 Å². The van der Waals surface area contributed by atoms with Crippen molar-refractivity contribution in [2.75, 3.05) is 20.1 Å². The van der Waals surface area contributed by atoms with Crippen molar-refractivity contribution < 1.29 is 4.74 Å². The number of aromatic nitrogens is 2. The standard InChI is InChI=1S/C16H20ClN3O/c1-19-8-7-14(10-19)11-20-16(17)15(9-18-20)21-12-13-5-3-2-4-6-13/h2-6,9,14H,7-8,10-12H2,1H3. The van der Waals surface area contributed by atoms with Crippen molar-refractivity contribution in [3.8, 4) is 5.75 Å². The summed E-state index contributed by atoms with van der Waals surface area (Å²) < 4.78 is 7.62. The molecule has 0 bridgehead atoms. The lowest BCUT2D eigenvalue weighted by molar-refractivity contribution is 0.305. The van der Waals surface area contributed by atoms with Crippen molar-refractivity contribution in [1.29, 1.82) is 0 Å². The Balaban J connectivity index is 1.60. The zero-order valence-electron chi connectivity index (χ0n) is 12.2. The van der Waals surface area contributed by atoms with Crippen LogP contribution in [0.15, 0.2) is 36.5 Å². The van der Waals surface area contributed by atoms with E-state index in [1.165, 1.54) is 6.42 Å². The molecule has 0 radical (unpaired) electrons. The van der Waals surface area contributed by atoms with Crippen LogP contribution in [0.5, 0.6) is 5.75 Å². The smallest absolute Gasteiger partial charge is 0.176 e. The predicted molar refractivity (Wildman–Crippen MR) is 83.6 cm³/mol. The molecule has 2 aromatic rings. The van der Waals surface area contributed by atoms with Gasteiger partial charge < -0.3 is 9.64 Å². The number of rotatable bonds is 5. The predicted octanol–water partition coefficient (Wildman–Crippen LogP) is 3.07. The maximum atomic E-state index is 6.37. The molecule has 1 atom stereocenters. The highest BCUT2D eigenvalue weighted by atomic mass is 35.5. The van der Waals surface area contributed by atoms with Gasteiger partial charge >= 0.3 is 0 Å². The van der Waals surface area contributed by atoms with E-state index in [1.807, 2.05) is 35.0 Å². The summed E-state index contributed by atoms with van der Waals surface area (Å²) in [6, 6.07) is 10.1. The molecule has 5 heteroatoms. The van der Waals surface area contributed by atoms with Crippen LogP contribution < -0.4 is 4.74 Å². The van der Waals surface area contributed by atoms with Gasteiger partial charge in [-0.05, 0) is 31.5 Å². The first-order valence-electron chi connectivity index (χ1n) is 7.29. The van der Waals surface area contributed by atoms with Gasteiger partial charge in [-0.25, -0.2) is 0 Å². The molecule has 1 aliphatic heterocycles. The summed E-state index contributed by atoms with van der Waals surface area (Å²) in [5.41, 5.74) is 1.12. The Morgan fingerprint density at radius 2 is 2.14 bits per heavy atom. The van der Waals surface area contributed by atoms with Gasteiger partial charge in [-0.15, -0.1) is 0 Å². The number of halogens is 1. The Morgan fingerprint density at radius 1 is 1.33 bits per heavy atom. The van der Waals surface area contributed by atoms with E-state index < -0.39 is 0 Å². The third-order valence-electron chi connectivity index (χ3n) is 3.90. The second-order valence-corrected chi connectivity index (χ2v) is 6.03. The van der Waals surface area contributed by atoms with E-state index in [1.54, 1.807) is 6.20 Å². The molecule has 0 N–H and O–H groups in total. The molecule has 1 unspecified atom stereocenters. The maximum absolute atomic E-state index is 6.37. The Morgan fingerprint density at radius 3 is 2.86 bits per heavy atom. The van der Waals surface area contributed by atoms with E-state index in [9.17, 15) is 0 Å². The monoisotopic (exact) mass is 305 g/mol. The SMILES string of the molecule is CN1CCC(Cn2ncc(OCc3ccccc3)c2Cl)C1. The quantitative estimate of drug-likeness (QED) is 0.850. The molecule has 3 rings (SSSR count). The topological polar surface area (TPSA) is 30.3 Å². The fraction of sp³-hybridized carbons (Fsp3) is 0.438. The van der Waals surface area contributed by atoms with Gasteiger partial charge in [-0.3, -0.25) is 4.68 Å². The van der Waals surface area contributed by atoms with Gasteiger partial charge in [0.2, 0.25) is 0 Å². The highest BCUT2D eigenvalue weighted by Crippen LogP contribution is 2.27. The van der Waals surface area contributed by atoms with Crippen molar-refractivity contribution in [3.63, 3.8) is 0 Å². The van der Waals surface area contributed by atoms with Gasteiger partial charge in [0.25, 0.3) is 0 Å². The third kappa shape index (κ3) is 3.57. The summed E-state index contributed by atoms with van der Waals surface area (Å²) >= 11 is 6.37. The Labute approximate surface area is 130 Å². The number of likely N-dealkylation sites (tertiary alicyclic amines) is 1. The lowest BCUT2D eigenvalue weighted by Crippen LogP contribution is -2.17. The zero-order valence-corrected chi connectivity index (χ0v) is 13.0. The van der Waals surface area contributed by atoms with Crippen LogP contribution in [0.2, 0.25) is 5.15 Å². The number of benzene rings is 1. The molecule has 4 nitrogen and oxygen atoms in total. The molecule has 1 saturated heterocycles. The van der Waals surface area contributed by atoms with Gasteiger partial charge in [-0.2, -0.15) is 5.10 Å². The zero-order chi connectivity index (χ0) is 14.7. The van der Waals surface area contributed by atoms with E-state index in [0.29, 0.717) is 23.4 Å². The van der Waals surface area contributed by atoms with Crippen molar-refractivity contribution in [3.05, 3.63) is 47.2 Å².